The summed E-state index contributed by atoms with van der Waals surface area (Å²) >= 11 is 0. The third-order valence-electron chi connectivity index (χ3n) is 2.69. The second kappa shape index (κ2) is 5.17. The fraction of sp³-hybridized carbons (Fsp3) is 0.385. The molecule has 100 valence electrons. The summed E-state index contributed by atoms with van der Waals surface area (Å²) in [4.78, 5) is 20.7. The molecular weight excluding hydrogens is 244 g/mol. The first-order valence-electron chi connectivity index (χ1n) is 6.00. The van der Waals surface area contributed by atoms with Crippen LogP contribution in [-0.4, -0.2) is 32.6 Å². The topological polar surface area (TPSA) is 69.9 Å². The summed E-state index contributed by atoms with van der Waals surface area (Å²) in [6.45, 7) is 5.65. The average Bonchev–Trinajstić information content (AvgIpc) is 2.81. The second-order valence-electron chi connectivity index (χ2n) is 4.42. The molecule has 0 saturated carbocycles. The zero-order valence-electron chi connectivity index (χ0n) is 11.4. The van der Waals surface area contributed by atoms with E-state index in [1.54, 1.807) is 30.1 Å². The maximum absolute atomic E-state index is 12.5. The minimum Gasteiger partial charge on any atom is -0.493 e. The molecule has 0 aliphatic heterocycles. The van der Waals surface area contributed by atoms with Gasteiger partial charge in [0.05, 0.1) is 13.3 Å². The van der Waals surface area contributed by atoms with Crippen molar-refractivity contribution in [3.8, 4) is 5.75 Å². The molecule has 0 N–H and O–H groups in total. The number of carbonyl (C=O) groups excluding carboxylic acids is 1. The van der Waals surface area contributed by atoms with Crippen molar-refractivity contribution in [2.75, 3.05) is 7.11 Å². The Hall–Kier alpha value is -2.24. The van der Waals surface area contributed by atoms with E-state index >= 15 is 0 Å². The van der Waals surface area contributed by atoms with Gasteiger partial charge in [-0.3, -0.25) is 9.48 Å². The Kier molecular flexibility index (Phi) is 3.59. The Morgan fingerprint density at radius 2 is 2.16 bits per heavy atom. The van der Waals surface area contributed by atoms with Crippen molar-refractivity contribution in [2.45, 2.75) is 26.8 Å². The normalized spacial score (nSPS) is 10.8. The summed E-state index contributed by atoms with van der Waals surface area (Å²) in [5.41, 5.74) is 0.754. The number of nitrogens with zero attached hydrogens (tertiary/aromatic N) is 4. The van der Waals surface area contributed by atoms with Gasteiger partial charge in [-0.2, -0.15) is 5.10 Å². The van der Waals surface area contributed by atoms with Crippen LogP contribution < -0.4 is 4.74 Å². The quantitative estimate of drug-likeness (QED) is 0.784. The average molecular weight is 260 g/mol. The van der Waals surface area contributed by atoms with Gasteiger partial charge in [0.2, 0.25) is 5.78 Å². The van der Waals surface area contributed by atoms with Crippen LogP contribution in [0.3, 0.4) is 0 Å². The maximum atomic E-state index is 12.5. The van der Waals surface area contributed by atoms with Gasteiger partial charge in [0, 0.05) is 12.2 Å². The third kappa shape index (κ3) is 2.47. The first-order valence-corrected chi connectivity index (χ1v) is 6.00. The lowest BCUT2D eigenvalue weighted by Gasteiger charge is -2.11. The molecule has 0 radical (unpaired) electrons. The summed E-state index contributed by atoms with van der Waals surface area (Å²) < 4.78 is 6.84. The fourth-order valence-corrected chi connectivity index (χ4v) is 1.81. The SMILES string of the molecule is COc1cnn(C(C)C)c1C(=O)c1ccnc(C)n1. The second-order valence-corrected chi connectivity index (χ2v) is 4.42. The Morgan fingerprint density at radius 1 is 1.42 bits per heavy atom. The molecule has 0 amide bonds. The van der Waals surface area contributed by atoms with Crippen LogP contribution in [-0.2, 0) is 0 Å². The first kappa shape index (κ1) is 13.2. The summed E-state index contributed by atoms with van der Waals surface area (Å²) in [5.74, 6) is 0.795. The zero-order valence-corrected chi connectivity index (χ0v) is 11.4. The van der Waals surface area contributed by atoms with Crippen molar-refractivity contribution in [3.05, 3.63) is 35.7 Å². The molecular formula is C13H16N4O2. The van der Waals surface area contributed by atoms with E-state index in [1.807, 2.05) is 13.8 Å². The number of carbonyl (C=O) groups is 1. The molecule has 6 heteroatoms. The van der Waals surface area contributed by atoms with Gasteiger partial charge in [-0.25, -0.2) is 9.97 Å². The van der Waals surface area contributed by atoms with Gasteiger partial charge in [0.15, 0.2) is 11.4 Å². The van der Waals surface area contributed by atoms with Crippen LogP contribution in [0.25, 0.3) is 0 Å². The Morgan fingerprint density at radius 3 is 2.74 bits per heavy atom. The Balaban J connectivity index is 2.51. The smallest absolute Gasteiger partial charge is 0.233 e. The van der Waals surface area contributed by atoms with Crippen LogP contribution in [0.2, 0.25) is 0 Å². The molecule has 0 fully saturated rings. The van der Waals surface area contributed by atoms with Crippen LogP contribution in [0.15, 0.2) is 18.5 Å². The van der Waals surface area contributed by atoms with Crippen LogP contribution >= 0.6 is 0 Å². The highest BCUT2D eigenvalue weighted by molar-refractivity contribution is 6.08. The number of hydrogen-bond donors (Lipinski definition) is 0. The maximum Gasteiger partial charge on any atom is 0.233 e. The summed E-state index contributed by atoms with van der Waals surface area (Å²) in [6, 6.07) is 1.65. The van der Waals surface area contributed by atoms with Crippen molar-refractivity contribution in [2.24, 2.45) is 0 Å². The molecule has 2 rings (SSSR count). The Bertz CT molecular complexity index is 604. The van der Waals surface area contributed by atoms with Crippen molar-refractivity contribution in [1.29, 1.82) is 0 Å². The number of ether oxygens (including phenoxy) is 1. The first-order chi connectivity index (χ1) is 9.04. The van der Waals surface area contributed by atoms with Gasteiger partial charge in [0.1, 0.15) is 11.5 Å². The van der Waals surface area contributed by atoms with Gasteiger partial charge in [0.25, 0.3) is 0 Å². The van der Waals surface area contributed by atoms with E-state index < -0.39 is 0 Å². The number of ketones is 1. The number of rotatable bonds is 4. The fourth-order valence-electron chi connectivity index (χ4n) is 1.81. The standard InChI is InChI=1S/C13H16N4O2/c1-8(2)17-12(11(19-4)7-15-17)13(18)10-5-6-14-9(3)16-10/h5-8H,1-4H3. The lowest BCUT2D eigenvalue weighted by molar-refractivity contribution is 0.101. The van der Waals surface area contributed by atoms with Crippen molar-refractivity contribution in [1.82, 2.24) is 19.7 Å². The van der Waals surface area contributed by atoms with Crippen LogP contribution in [0.4, 0.5) is 0 Å². The van der Waals surface area contributed by atoms with E-state index in [-0.39, 0.29) is 11.8 Å². The van der Waals surface area contributed by atoms with E-state index in [9.17, 15) is 4.79 Å². The predicted octanol–water partition coefficient (Wildman–Crippen LogP) is 1.80. The summed E-state index contributed by atoms with van der Waals surface area (Å²) in [6.07, 6.45) is 3.11. The lowest BCUT2D eigenvalue weighted by Crippen LogP contribution is -2.15. The monoisotopic (exact) mass is 260 g/mol. The zero-order chi connectivity index (χ0) is 14.0. The minimum absolute atomic E-state index is 0.0609. The largest absolute Gasteiger partial charge is 0.493 e. The molecule has 0 unspecified atom stereocenters. The molecule has 6 nitrogen and oxygen atoms in total. The van der Waals surface area contributed by atoms with Crippen molar-refractivity contribution in [3.63, 3.8) is 0 Å². The highest BCUT2D eigenvalue weighted by atomic mass is 16.5. The molecule has 0 aromatic carbocycles. The molecule has 0 atom stereocenters. The number of methoxy groups -OCH3 is 1. The van der Waals surface area contributed by atoms with Gasteiger partial charge >= 0.3 is 0 Å². The van der Waals surface area contributed by atoms with E-state index in [0.717, 1.165) is 0 Å². The molecule has 2 aromatic heterocycles. The van der Waals surface area contributed by atoms with Crippen LogP contribution in [0.5, 0.6) is 5.75 Å². The number of aryl methyl sites for hydroxylation is 1. The highest BCUT2D eigenvalue weighted by Gasteiger charge is 2.23. The predicted molar refractivity (Wildman–Crippen MR) is 69.4 cm³/mol. The van der Waals surface area contributed by atoms with Gasteiger partial charge in [-0.1, -0.05) is 0 Å². The highest BCUT2D eigenvalue weighted by Crippen LogP contribution is 2.23. The van der Waals surface area contributed by atoms with Gasteiger partial charge < -0.3 is 4.74 Å². The molecule has 0 bridgehead atoms. The van der Waals surface area contributed by atoms with E-state index in [2.05, 4.69) is 15.1 Å². The van der Waals surface area contributed by atoms with Gasteiger partial charge in [-0.05, 0) is 26.8 Å². The van der Waals surface area contributed by atoms with Crippen LogP contribution in [0.1, 0.15) is 41.9 Å². The molecule has 0 aliphatic carbocycles. The van der Waals surface area contributed by atoms with Crippen LogP contribution in [0, 0.1) is 6.92 Å². The summed E-state index contributed by atoms with van der Waals surface area (Å²) in [5, 5.41) is 4.18. The molecule has 0 aliphatic rings. The van der Waals surface area contributed by atoms with Crippen molar-refractivity contribution < 1.29 is 9.53 Å². The third-order valence-corrected chi connectivity index (χ3v) is 2.69. The lowest BCUT2D eigenvalue weighted by atomic mass is 10.2. The Labute approximate surface area is 111 Å². The van der Waals surface area contributed by atoms with E-state index in [1.165, 1.54) is 7.11 Å². The number of aromatic nitrogens is 4. The van der Waals surface area contributed by atoms with Gasteiger partial charge in [-0.15, -0.1) is 0 Å². The van der Waals surface area contributed by atoms with E-state index in [0.29, 0.717) is 23.0 Å². The van der Waals surface area contributed by atoms with E-state index in [4.69, 9.17) is 4.74 Å². The summed E-state index contributed by atoms with van der Waals surface area (Å²) in [7, 11) is 1.52. The molecule has 19 heavy (non-hydrogen) atoms. The molecule has 0 spiro atoms. The minimum atomic E-state index is -0.214. The molecule has 2 heterocycles. The molecule has 2 aromatic rings. The number of hydrogen-bond acceptors (Lipinski definition) is 5. The van der Waals surface area contributed by atoms with Crippen molar-refractivity contribution >= 4 is 5.78 Å². The molecule has 0 saturated heterocycles.